The minimum absolute atomic E-state index is 0.0738. The third-order valence-corrected chi connectivity index (χ3v) is 4.56. The Morgan fingerprint density at radius 1 is 1.21 bits per heavy atom. The molecule has 0 aliphatic carbocycles. The standard InChI is InChI=1S/C19H29N3O2/c1-3-20-19(24)15(2)21-18(23)14-22-11-9-17(10-12-22)13-16-7-5-4-6-8-16/h4-8,15,17H,3,9-14H2,1-2H3,(H,20,24)(H,21,23)/t15-/m0/s1. The Morgan fingerprint density at radius 2 is 1.88 bits per heavy atom. The minimum Gasteiger partial charge on any atom is -0.355 e. The number of likely N-dealkylation sites (tertiary alicyclic amines) is 1. The van der Waals surface area contributed by atoms with Crippen molar-refractivity contribution in [3.05, 3.63) is 35.9 Å². The van der Waals surface area contributed by atoms with Crippen LogP contribution in [0.15, 0.2) is 30.3 Å². The maximum absolute atomic E-state index is 12.1. The summed E-state index contributed by atoms with van der Waals surface area (Å²) in [5.74, 6) is 0.489. The molecule has 1 aromatic rings. The lowest BCUT2D eigenvalue weighted by atomic mass is 9.90. The molecule has 5 heteroatoms. The molecule has 2 amide bonds. The summed E-state index contributed by atoms with van der Waals surface area (Å²) in [7, 11) is 0. The molecule has 0 bridgehead atoms. The van der Waals surface area contributed by atoms with Crippen molar-refractivity contribution >= 4 is 11.8 Å². The number of amides is 2. The number of benzene rings is 1. The van der Waals surface area contributed by atoms with Gasteiger partial charge in [0.15, 0.2) is 0 Å². The summed E-state index contributed by atoms with van der Waals surface area (Å²) >= 11 is 0. The Kier molecular flexibility index (Phi) is 7.25. The quantitative estimate of drug-likeness (QED) is 0.797. The van der Waals surface area contributed by atoms with Crippen LogP contribution in [0.1, 0.15) is 32.3 Å². The Morgan fingerprint density at radius 3 is 2.50 bits per heavy atom. The van der Waals surface area contributed by atoms with E-state index >= 15 is 0 Å². The van der Waals surface area contributed by atoms with Crippen LogP contribution < -0.4 is 10.6 Å². The first-order chi connectivity index (χ1) is 11.6. The van der Waals surface area contributed by atoms with Crippen LogP contribution in [0.3, 0.4) is 0 Å². The van der Waals surface area contributed by atoms with Crippen LogP contribution in [0, 0.1) is 5.92 Å². The van der Waals surface area contributed by atoms with Crippen LogP contribution in [0.4, 0.5) is 0 Å². The van der Waals surface area contributed by atoms with Gasteiger partial charge < -0.3 is 10.6 Å². The van der Waals surface area contributed by atoms with Crippen molar-refractivity contribution in [3.8, 4) is 0 Å². The van der Waals surface area contributed by atoms with Gasteiger partial charge in [0.25, 0.3) is 0 Å². The monoisotopic (exact) mass is 331 g/mol. The number of rotatable bonds is 7. The molecule has 1 fully saturated rings. The first-order valence-electron chi connectivity index (χ1n) is 8.91. The molecule has 0 aromatic heterocycles. The van der Waals surface area contributed by atoms with Gasteiger partial charge in [0, 0.05) is 6.54 Å². The van der Waals surface area contributed by atoms with E-state index in [1.165, 1.54) is 5.56 Å². The van der Waals surface area contributed by atoms with E-state index in [1.807, 2.05) is 13.0 Å². The third-order valence-electron chi connectivity index (χ3n) is 4.56. The molecule has 1 aromatic carbocycles. The molecule has 2 rings (SSSR count). The average Bonchev–Trinajstić information content (AvgIpc) is 2.57. The van der Waals surface area contributed by atoms with Crippen molar-refractivity contribution in [2.24, 2.45) is 5.92 Å². The molecule has 2 N–H and O–H groups in total. The van der Waals surface area contributed by atoms with Gasteiger partial charge in [0.2, 0.25) is 11.8 Å². The fourth-order valence-corrected chi connectivity index (χ4v) is 3.18. The van der Waals surface area contributed by atoms with Gasteiger partial charge >= 0.3 is 0 Å². The lowest BCUT2D eigenvalue weighted by Gasteiger charge is -2.31. The van der Waals surface area contributed by atoms with Crippen molar-refractivity contribution in [1.29, 1.82) is 0 Å². The van der Waals surface area contributed by atoms with E-state index in [4.69, 9.17) is 0 Å². The highest BCUT2D eigenvalue weighted by molar-refractivity contribution is 5.87. The molecule has 132 valence electrons. The van der Waals surface area contributed by atoms with Gasteiger partial charge in [-0.25, -0.2) is 0 Å². The summed E-state index contributed by atoms with van der Waals surface area (Å²) in [5, 5.41) is 5.49. The SMILES string of the molecule is CCNC(=O)[C@H](C)NC(=O)CN1CCC(Cc2ccccc2)CC1. The molecular formula is C19H29N3O2. The number of nitrogens with one attached hydrogen (secondary N) is 2. The van der Waals surface area contributed by atoms with Crippen LogP contribution in [0.5, 0.6) is 0 Å². The fraction of sp³-hybridized carbons (Fsp3) is 0.579. The van der Waals surface area contributed by atoms with Gasteiger partial charge in [-0.1, -0.05) is 30.3 Å². The fourth-order valence-electron chi connectivity index (χ4n) is 3.18. The second-order valence-electron chi connectivity index (χ2n) is 6.59. The summed E-state index contributed by atoms with van der Waals surface area (Å²) in [4.78, 5) is 25.9. The van der Waals surface area contributed by atoms with E-state index in [1.54, 1.807) is 6.92 Å². The molecule has 1 aliphatic rings. The number of likely N-dealkylation sites (N-methyl/N-ethyl adjacent to an activating group) is 1. The molecule has 24 heavy (non-hydrogen) atoms. The highest BCUT2D eigenvalue weighted by Gasteiger charge is 2.22. The highest BCUT2D eigenvalue weighted by Crippen LogP contribution is 2.21. The Hall–Kier alpha value is -1.88. The van der Waals surface area contributed by atoms with E-state index in [0.29, 0.717) is 19.0 Å². The van der Waals surface area contributed by atoms with Crippen LogP contribution >= 0.6 is 0 Å². The number of hydrogen-bond acceptors (Lipinski definition) is 3. The summed E-state index contributed by atoms with van der Waals surface area (Å²) in [6, 6.07) is 10.1. The van der Waals surface area contributed by atoms with Crippen molar-refractivity contribution < 1.29 is 9.59 Å². The second-order valence-corrected chi connectivity index (χ2v) is 6.59. The number of carbonyl (C=O) groups is 2. The van der Waals surface area contributed by atoms with E-state index < -0.39 is 6.04 Å². The largest absolute Gasteiger partial charge is 0.355 e. The van der Waals surface area contributed by atoms with Gasteiger partial charge in [-0.05, 0) is 57.7 Å². The molecule has 1 saturated heterocycles. The highest BCUT2D eigenvalue weighted by atomic mass is 16.2. The molecule has 0 saturated carbocycles. The smallest absolute Gasteiger partial charge is 0.242 e. The first kappa shape index (κ1) is 18.5. The third kappa shape index (κ3) is 5.96. The molecule has 0 spiro atoms. The van der Waals surface area contributed by atoms with Crippen LogP contribution in [-0.2, 0) is 16.0 Å². The summed E-state index contributed by atoms with van der Waals surface area (Å²) in [6.07, 6.45) is 3.36. The van der Waals surface area contributed by atoms with Crippen molar-refractivity contribution in [3.63, 3.8) is 0 Å². The van der Waals surface area contributed by atoms with Gasteiger partial charge in [0.1, 0.15) is 6.04 Å². The predicted octanol–water partition coefficient (Wildman–Crippen LogP) is 1.58. The number of hydrogen-bond donors (Lipinski definition) is 2. The van der Waals surface area contributed by atoms with Crippen LogP contribution in [0.2, 0.25) is 0 Å². The molecule has 1 atom stereocenters. The second kappa shape index (κ2) is 9.42. The summed E-state index contributed by atoms with van der Waals surface area (Å²) in [6.45, 7) is 6.43. The maximum atomic E-state index is 12.1. The van der Waals surface area contributed by atoms with E-state index in [9.17, 15) is 9.59 Å². The number of nitrogens with zero attached hydrogens (tertiary/aromatic N) is 1. The normalized spacial score (nSPS) is 17.2. The molecule has 1 heterocycles. The average molecular weight is 331 g/mol. The maximum Gasteiger partial charge on any atom is 0.242 e. The molecule has 0 unspecified atom stereocenters. The molecule has 1 aliphatic heterocycles. The van der Waals surface area contributed by atoms with Crippen LogP contribution in [0.25, 0.3) is 0 Å². The summed E-state index contributed by atoms with van der Waals surface area (Å²) in [5.41, 5.74) is 1.39. The van der Waals surface area contributed by atoms with Crippen molar-refractivity contribution in [2.45, 2.75) is 39.2 Å². The molecular weight excluding hydrogens is 302 g/mol. The lowest BCUT2D eigenvalue weighted by Crippen LogP contribution is -2.49. The van der Waals surface area contributed by atoms with Gasteiger partial charge in [-0.3, -0.25) is 14.5 Å². The Labute approximate surface area is 144 Å². The van der Waals surface area contributed by atoms with E-state index in [0.717, 1.165) is 32.4 Å². The molecule has 5 nitrogen and oxygen atoms in total. The van der Waals surface area contributed by atoms with E-state index in [-0.39, 0.29) is 11.8 Å². The zero-order chi connectivity index (χ0) is 17.4. The topological polar surface area (TPSA) is 61.4 Å². The van der Waals surface area contributed by atoms with Crippen LogP contribution in [-0.4, -0.2) is 48.9 Å². The zero-order valence-electron chi connectivity index (χ0n) is 14.8. The first-order valence-corrected chi connectivity index (χ1v) is 8.91. The van der Waals surface area contributed by atoms with Gasteiger partial charge in [-0.15, -0.1) is 0 Å². The number of carbonyl (C=O) groups excluding carboxylic acids is 2. The number of piperidine rings is 1. The molecule has 0 radical (unpaired) electrons. The lowest BCUT2D eigenvalue weighted by molar-refractivity contribution is -0.129. The van der Waals surface area contributed by atoms with E-state index in [2.05, 4.69) is 39.8 Å². The Bertz CT molecular complexity index is 525. The van der Waals surface area contributed by atoms with Crippen molar-refractivity contribution in [2.75, 3.05) is 26.2 Å². The predicted molar refractivity (Wildman–Crippen MR) is 95.6 cm³/mol. The zero-order valence-corrected chi connectivity index (χ0v) is 14.8. The van der Waals surface area contributed by atoms with Gasteiger partial charge in [0.05, 0.1) is 6.54 Å². The van der Waals surface area contributed by atoms with Gasteiger partial charge in [-0.2, -0.15) is 0 Å². The summed E-state index contributed by atoms with van der Waals surface area (Å²) < 4.78 is 0. The van der Waals surface area contributed by atoms with Crippen molar-refractivity contribution in [1.82, 2.24) is 15.5 Å². The Balaban J connectivity index is 1.69. The minimum atomic E-state index is -0.479.